The van der Waals surface area contributed by atoms with Gasteiger partial charge in [0.1, 0.15) is 0 Å². The minimum Gasteiger partial charge on any atom is -0.380 e. The van der Waals surface area contributed by atoms with Crippen molar-refractivity contribution in [3.8, 4) is 0 Å². The van der Waals surface area contributed by atoms with Gasteiger partial charge in [-0.1, -0.05) is 12.1 Å². The van der Waals surface area contributed by atoms with Crippen molar-refractivity contribution in [2.45, 2.75) is 13.3 Å². The van der Waals surface area contributed by atoms with Crippen molar-refractivity contribution >= 4 is 17.6 Å². The summed E-state index contributed by atoms with van der Waals surface area (Å²) in [6.07, 6.45) is 0.276. The predicted molar refractivity (Wildman–Crippen MR) is 82.4 cm³/mol. The molecule has 21 heavy (non-hydrogen) atoms. The van der Waals surface area contributed by atoms with Gasteiger partial charge in [0.05, 0.1) is 13.0 Å². The number of hydrogen-bond donors (Lipinski definition) is 2. The summed E-state index contributed by atoms with van der Waals surface area (Å²) in [7, 11) is 3.34. The van der Waals surface area contributed by atoms with E-state index in [1.807, 2.05) is 19.1 Å². The Hall–Kier alpha value is -2.08. The van der Waals surface area contributed by atoms with E-state index in [-0.39, 0.29) is 18.4 Å². The van der Waals surface area contributed by atoms with Gasteiger partial charge in [0.2, 0.25) is 5.91 Å². The highest BCUT2D eigenvalue weighted by Crippen LogP contribution is 2.11. The predicted octanol–water partition coefficient (Wildman–Crippen LogP) is 1.48. The van der Waals surface area contributed by atoms with Crippen molar-refractivity contribution in [3.05, 3.63) is 29.8 Å². The Balaban J connectivity index is 2.48. The lowest BCUT2D eigenvalue weighted by atomic mass is 10.1. The van der Waals surface area contributed by atoms with Gasteiger partial charge in [0.25, 0.3) is 0 Å². The van der Waals surface area contributed by atoms with Crippen LogP contribution in [0.5, 0.6) is 0 Å². The standard InChI is InChI=1S/C15H23N3O3/c1-4-21-9-8-16-14(19)11-12-6-5-7-13(10-12)17-15(20)18(2)3/h5-7,10H,4,8-9,11H2,1-3H3,(H,16,19)(H,17,20). The van der Waals surface area contributed by atoms with Crippen molar-refractivity contribution in [2.75, 3.05) is 39.2 Å². The molecule has 1 aromatic rings. The number of ether oxygens (including phenoxy) is 1. The fourth-order valence-corrected chi connectivity index (χ4v) is 1.65. The first-order valence-electron chi connectivity index (χ1n) is 6.94. The van der Waals surface area contributed by atoms with Crippen LogP contribution in [0, 0.1) is 0 Å². The van der Waals surface area contributed by atoms with Crippen LogP contribution in [-0.2, 0) is 16.0 Å². The second kappa shape index (κ2) is 8.97. The Morgan fingerprint density at radius 2 is 2.05 bits per heavy atom. The number of carbonyl (C=O) groups excluding carboxylic acids is 2. The lowest BCUT2D eigenvalue weighted by Gasteiger charge is -2.12. The average Bonchev–Trinajstić information content (AvgIpc) is 2.44. The summed E-state index contributed by atoms with van der Waals surface area (Å²) in [6, 6.07) is 7.05. The second-order valence-corrected chi connectivity index (χ2v) is 4.75. The van der Waals surface area contributed by atoms with Crippen LogP contribution in [0.2, 0.25) is 0 Å². The molecule has 0 atom stereocenters. The third-order valence-electron chi connectivity index (χ3n) is 2.72. The number of urea groups is 1. The van der Waals surface area contributed by atoms with E-state index >= 15 is 0 Å². The lowest BCUT2D eigenvalue weighted by Crippen LogP contribution is -2.29. The first kappa shape index (κ1) is 17.0. The van der Waals surface area contributed by atoms with Crippen LogP contribution in [0.15, 0.2) is 24.3 Å². The molecule has 1 rings (SSSR count). The molecule has 116 valence electrons. The molecule has 0 aliphatic carbocycles. The van der Waals surface area contributed by atoms with Gasteiger partial charge in [-0.25, -0.2) is 4.79 Å². The highest BCUT2D eigenvalue weighted by Gasteiger charge is 2.06. The van der Waals surface area contributed by atoms with E-state index in [0.717, 1.165) is 5.56 Å². The summed E-state index contributed by atoms with van der Waals surface area (Å²) in [4.78, 5) is 24.8. The van der Waals surface area contributed by atoms with Crippen LogP contribution in [0.1, 0.15) is 12.5 Å². The molecule has 0 aliphatic heterocycles. The number of rotatable bonds is 7. The minimum atomic E-state index is -0.201. The molecule has 0 fully saturated rings. The molecule has 0 aromatic heterocycles. The lowest BCUT2D eigenvalue weighted by molar-refractivity contribution is -0.120. The first-order valence-corrected chi connectivity index (χ1v) is 6.94. The molecule has 0 radical (unpaired) electrons. The van der Waals surface area contributed by atoms with Gasteiger partial charge in [-0.3, -0.25) is 4.79 Å². The molecule has 1 aromatic carbocycles. The number of nitrogens with zero attached hydrogens (tertiary/aromatic N) is 1. The Labute approximate surface area is 125 Å². The molecule has 0 aliphatic rings. The first-order chi connectivity index (χ1) is 10.0. The smallest absolute Gasteiger partial charge is 0.321 e. The highest BCUT2D eigenvalue weighted by atomic mass is 16.5. The maximum atomic E-state index is 11.8. The Morgan fingerprint density at radius 3 is 2.71 bits per heavy atom. The van der Waals surface area contributed by atoms with Crippen molar-refractivity contribution in [1.29, 1.82) is 0 Å². The molecule has 0 bridgehead atoms. The Bertz CT molecular complexity index is 475. The number of carbonyl (C=O) groups is 2. The SMILES string of the molecule is CCOCCNC(=O)Cc1cccc(NC(=O)N(C)C)c1. The van der Waals surface area contributed by atoms with Gasteiger partial charge in [-0.2, -0.15) is 0 Å². The van der Waals surface area contributed by atoms with Gasteiger partial charge in [-0.15, -0.1) is 0 Å². The van der Waals surface area contributed by atoms with E-state index < -0.39 is 0 Å². The largest absolute Gasteiger partial charge is 0.380 e. The number of hydrogen-bond acceptors (Lipinski definition) is 3. The molecule has 0 spiro atoms. The maximum absolute atomic E-state index is 11.8. The van der Waals surface area contributed by atoms with Gasteiger partial charge in [-0.05, 0) is 24.6 Å². The number of benzene rings is 1. The average molecular weight is 293 g/mol. The summed E-state index contributed by atoms with van der Waals surface area (Å²) in [5, 5.41) is 5.54. The molecule has 0 heterocycles. The molecular formula is C15H23N3O3. The maximum Gasteiger partial charge on any atom is 0.321 e. The van der Waals surface area contributed by atoms with Crippen LogP contribution in [-0.4, -0.2) is 50.7 Å². The van der Waals surface area contributed by atoms with Crippen LogP contribution < -0.4 is 10.6 Å². The van der Waals surface area contributed by atoms with Gasteiger partial charge in [0.15, 0.2) is 0 Å². The van der Waals surface area contributed by atoms with Crippen molar-refractivity contribution in [3.63, 3.8) is 0 Å². The zero-order chi connectivity index (χ0) is 15.7. The van der Waals surface area contributed by atoms with E-state index in [1.165, 1.54) is 4.90 Å². The Morgan fingerprint density at radius 1 is 1.29 bits per heavy atom. The summed E-state index contributed by atoms with van der Waals surface area (Å²) in [6.45, 7) is 3.57. The molecule has 6 heteroatoms. The van der Waals surface area contributed by atoms with Crippen LogP contribution in [0.4, 0.5) is 10.5 Å². The van der Waals surface area contributed by atoms with E-state index in [9.17, 15) is 9.59 Å². The van der Waals surface area contributed by atoms with E-state index in [2.05, 4.69) is 10.6 Å². The molecule has 3 amide bonds. The van der Waals surface area contributed by atoms with Crippen LogP contribution in [0.3, 0.4) is 0 Å². The van der Waals surface area contributed by atoms with Crippen LogP contribution in [0.25, 0.3) is 0 Å². The molecule has 2 N–H and O–H groups in total. The van der Waals surface area contributed by atoms with Crippen molar-refractivity contribution in [1.82, 2.24) is 10.2 Å². The monoisotopic (exact) mass is 293 g/mol. The Kier molecular flexibility index (Phi) is 7.25. The molecule has 0 saturated carbocycles. The zero-order valence-electron chi connectivity index (χ0n) is 12.8. The topological polar surface area (TPSA) is 70.7 Å². The fraction of sp³-hybridized carbons (Fsp3) is 0.467. The fourth-order valence-electron chi connectivity index (χ4n) is 1.65. The normalized spacial score (nSPS) is 10.0. The summed E-state index contributed by atoms with van der Waals surface area (Å²) >= 11 is 0. The third-order valence-corrected chi connectivity index (χ3v) is 2.72. The van der Waals surface area contributed by atoms with Gasteiger partial charge < -0.3 is 20.3 Å². The van der Waals surface area contributed by atoms with Gasteiger partial charge in [0, 0.05) is 32.9 Å². The van der Waals surface area contributed by atoms with Gasteiger partial charge >= 0.3 is 6.03 Å². The van der Waals surface area contributed by atoms with E-state index in [0.29, 0.717) is 25.4 Å². The number of anilines is 1. The molecule has 0 saturated heterocycles. The minimum absolute atomic E-state index is 0.0641. The summed E-state index contributed by atoms with van der Waals surface area (Å²) < 4.78 is 5.15. The summed E-state index contributed by atoms with van der Waals surface area (Å²) in [5.41, 5.74) is 1.52. The third kappa shape index (κ3) is 6.76. The second-order valence-electron chi connectivity index (χ2n) is 4.75. The quantitative estimate of drug-likeness (QED) is 0.748. The van der Waals surface area contributed by atoms with E-state index in [4.69, 9.17) is 4.74 Å². The zero-order valence-corrected chi connectivity index (χ0v) is 12.8. The van der Waals surface area contributed by atoms with Crippen LogP contribution >= 0.6 is 0 Å². The molecular weight excluding hydrogens is 270 g/mol. The van der Waals surface area contributed by atoms with E-state index in [1.54, 1.807) is 26.2 Å². The van der Waals surface area contributed by atoms with Crippen molar-refractivity contribution in [2.24, 2.45) is 0 Å². The summed E-state index contributed by atoms with van der Waals surface area (Å²) in [5.74, 6) is -0.0641. The molecule has 0 unspecified atom stereocenters. The highest BCUT2D eigenvalue weighted by molar-refractivity contribution is 5.89. The van der Waals surface area contributed by atoms with Crippen molar-refractivity contribution < 1.29 is 14.3 Å². The molecule has 6 nitrogen and oxygen atoms in total. The number of amides is 3. The number of nitrogens with one attached hydrogen (secondary N) is 2.